The van der Waals surface area contributed by atoms with Gasteiger partial charge in [0.1, 0.15) is 17.4 Å². The van der Waals surface area contributed by atoms with Crippen molar-refractivity contribution in [2.75, 3.05) is 18.4 Å². The van der Waals surface area contributed by atoms with Crippen LogP contribution in [0.3, 0.4) is 0 Å². The summed E-state index contributed by atoms with van der Waals surface area (Å²) >= 11 is 0. The van der Waals surface area contributed by atoms with Gasteiger partial charge in [-0.05, 0) is 57.0 Å². The Balaban J connectivity index is 1.39. The maximum Gasteiger partial charge on any atom is 0.342 e. The molecule has 3 unspecified atom stereocenters. The number of carbonyl (C=O) groups excluding carboxylic acids is 2. The number of ether oxygens (including phenoxy) is 2. The van der Waals surface area contributed by atoms with Crippen molar-refractivity contribution in [1.29, 1.82) is 0 Å². The first-order chi connectivity index (χ1) is 15.7. The molecule has 0 saturated carbocycles. The maximum atomic E-state index is 12.7. The number of fused-ring (bicyclic) bond motifs is 1. The van der Waals surface area contributed by atoms with E-state index in [9.17, 15) is 18.0 Å². The topological polar surface area (TPSA) is 102 Å². The number of esters is 1. The molecule has 0 bridgehead atoms. The number of sulfonamides is 1. The zero-order chi connectivity index (χ0) is 23.8. The fourth-order valence-corrected chi connectivity index (χ4v) is 5.57. The summed E-state index contributed by atoms with van der Waals surface area (Å²) in [5, 5.41) is 2.66. The summed E-state index contributed by atoms with van der Waals surface area (Å²) in [7, 11) is -3.52. The van der Waals surface area contributed by atoms with Crippen molar-refractivity contribution in [3.63, 3.8) is 0 Å². The third-order valence-electron chi connectivity index (χ3n) is 6.24. The van der Waals surface area contributed by atoms with Crippen LogP contribution in [-0.4, -0.2) is 49.9 Å². The molecule has 4 rings (SSSR count). The second-order valence-electron chi connectivity index (χ2n) is 8.51. The Hall–Kier alpha value is -2.91. The highest BCUT2D eigenvalue weighted by atomic mass is 32.2. The summed E-state index contributed by atoms with van der Waals surface area (Å²) in [4.78, 5) is 25.5. The second-order valence-corrected chi connectivity index (χ2v) is 10.4. The summed E-state index contributed by atoms with van der Waals surface area (Å²) in [6.07, 6.45) is 0.615. The number of hydrogen-bond acceptors (Lipinski definition) is 6. The van der Waals surface area contributed by atoms with Gasteiger partial charge in [-0.15, -0.1) is 0 Å². The first-order valence-electron chi connectivity index (χ1n) is 11.1. The Morgan fingerprint density at radius 1 is 1.09 bits per heavy atom. The van der Waals surface area contributed by atoms with E-state index in [0.717, 1.165) is 18.4 Å². The molecule has 2 aliphatic rings. The minimum atomic E-state index is -3.52. The van der Waals surface area contributed by atoms with Gasteiger partial charge in [-0.1, -0.05) is 19.1 Å². The summed E-state index contributed by atoms with van der Waals surface area (Å²) in [5.41, 5.74) is 1.65. The summed E-state index contributed by atoms with van der Waals surface area (Å²) in [6, 6.07) is 11.3. The number of carbonyl (C=O) groups is 2. The van der Waals surface area contributed by atoms with Gasteiger partial charge in [0.25, 0.3) is 5.91 Å². The van der Waals surface area contributed by atoms with Gasteiger partial charge in [-0.3, -0.25) is 4.79 Å². The molecule has 2 aromatic rings. The summed E-state index contributed by atoms with van der Waals surface area (Å²) < 4.78 is 37.9. The predicted molar refractivity (Wildman–Crippen MR) is 123 cm³/mol. The van der Waals surface area contributed by atoms with Crippen molar-refractivity contribution >= 4 is 27.6 Å². The summed E-state index contributed by atoms with van der Waals surface area (Å²) in [6.45, 7) is 6.50. The second kappa shape index (κ2) is 9.15. The molecule has 0 aliphatic carbocycles. The first-order valence-corrected chi connectivity index (χ1v) is 12.5. The standard InChI is InChI=1S/C24H28N2O6S/c1-15-16(2)31-22-20(15)7-6-8-21(22)24(28)32-17(3)23(27)25-18-9-11-19(12-10-18)33(29,30)26-13-4-5-14-26/h6-12,15-17H,4-5,13-14H2,1-3H3,(H,25,27). The first kappa shape index (κ1) is 23.3. The van der Waals surface area contributed by atoms with Crippen LogP contribution in [-0.2, 0) is 19.6 Å². The van der Waals surface area contributed by atoms with Crippen molar-refractivity contribution in [2.24, 2.45) is 0 Å². The lowest BCUT2D eigenvalue weighted by atomic mass is 9.97. The highest BCUT2D eigenvalue weighted by molar-refractivity contribution is 7.89. The molecule has 0 aromatic heterocycles. The minimum absolute atomic E-state index is 0.0491. The Morgan fingerprint density at radius 2 is 1.76 bits per heavy atom. The van der Waals surface area contributed by atoms with Gasteiger partial charge < -0.3 is 14.8 Å². The van der Waals surface area contributed by atoms with Crippen LogP contribution in [0.1, 0.15) is 55.5 Å². The van der Waals surface area contributed by atoms with Crippen molar-refractivity contribution < 1.29 is 27.5 Å². The van der Waals surface area contributed by atoms with E-state index >= 15 is 0 Å². The third-order valence-corrected chi connectivity index (χ3v) is 8.15. The number of amides is 1. The molecule has 1 fully saturated rings. The molecule has 176 valence electrons. The maximum absolute atomic E-state index is 12.7. The molecular formula is C24H28N2O6S. The van der Waals surface area contributed by atoms with E-state index in [-0.39, 0.29) is 16.9 Å². The van der Waals surface area contributed by atoms with Crippen molar-refractivity contribution in [3.05, 3.63) is 53.6 Å². The molecule has 9 heteroatoms. The third kappa shape index (κ3) is 4.60. The molecule has 0 radical (unpaired) electrons. The fraction of sp³-hybridized carbons (Fsp3) is 0.417. The van der Waals surface area contributed by atoms with Gasteiger partial charge >= 0.3 is 5.97 Å². The van der Waals surface area contributed by atoms with Gasteiger partial charge in [0.15, 0.2) is 6.10 Å². The highest BCUT2D eigenvalue weighted by Gasteiger charge is 2.32. The quantitative estimate of drug-likeness (QED) is 0.646. The van der Waals surface area contributed by atoms with Gasteiger partial charge in [0.05, 0.1) is 4.90 Å². The largest absolute Gasteiger partial charge is 0.489 e. The van der Waals surface area contributed by atoms with E-state index in [1.54, 1.807) is 12.1 Å². The Labute approximate surface area is 193 Å². The monoisotopic (exact) mass is 472 g/mol. The van der Waals surface area contributed by atoms with Gasteiger partial charge in [-0.25, -0.2) is 13.2 Å². The van der Waals surface area contributed by atoms with E-state index in [1.807, 2.05) is 19.9 Å². The van der Waals surface area contributed by atoms with E-state index < -0.39 is 28.0 Å². The smallest absolute Gasteiger partial charge is 0.342 e. The molecule has 1 saturated heterocycles. The van der Waals surface area contributed by atoms with Gasteiger partial charge in [0, 0.05) is 30.3 Å². The SMILES string of the molecule is CC(OC(=O)c1cccc2c1OC(C)C2C)C(=O)Nc1ccc(S(=O)(=O)N2CCCC2)cc1. The number of rotatable bonds is 6. The van der Waals surface area contributed by atoms with Gasteiger partial charge in [-0.2, -0.15) is 4.31 Å². The number of anilines is 1. The molecule has 8 nitrogen and oxygen atoms in total. The lowest BCUT2D eigenvalue weighted by Crippen LogP contribution is -2.30. The Morgan fingerprint density at radius 3 is 2.42 bits per heavy atom. The number of benzene rings is 2. The van der Waals surface area contributed by atoms with Crippen LogP contribution >= 0.6 is 0 Å². The highest BCUT2D eigenvalue weighted by Crippen LogP contribution is 2.40. The Kier molecular flexibility index (Phi) is 6.45. The van der Waals surface area contributed by atoms with Crippen molar-refractivity contribution in [3.8, 4) is 5.75 Å². The van der Waals surface area contributed by atoms with E-state index in [4.69, 9.17) is 9.47 Å². The van der Waals surface area contributed by atoms with Crippen LogP contribution in [0, 0.1) is 0 Å². The minimum Gasteiger partial charge on any atom is -0.489 e. The predicted octanol–water partition coefficient (Wildman–Crippen LogP) is 3.54. The lowest BCUT2D eigenvalue weighted by molar-refractivity contribution is -0.123. The van der Waals surface area contributed by atoms with Crippen LogP contribution in [0.15, 0.2) is 47.4 Å². The zero-order valence-corrected chi connectivity index (χ0v) is 19.7. The van der Waals surface area contributed by atoms with Crippen molar-refractivity contribution in [2.45, 2.75) is 56.6 Å². The average molecular weight is 473 g/mol. The van der Waals surface area contributed by atoms with Crippen LogP contribution in [0.4, 0.5) is 5.69 Å². The molecule has 2 heterocycles. The van der Waals surface area contributed by atoms with Crippen LogP contribution in [0.25, 0.3) is 0 Å². The number of hydrogen-bond donors (Lipinski definition) is 1. The normalized spacial score (nSPS) is 21.2. The number of para-hydroxylation sites is 1. The molecule has 2 aromatic carbocycles. The van der Waals surface area contributed by atoms with E-state index in [0.29, 0.717) is 30.1 Å². The van der Waals surface area contributed by atoms with Crippen LogP contribution < -0.4 is 10.1 Å². The molecular weight excluding hydrogens is 444 g/mol. The average Bonchev–Trinajstić information content (AvgIpc) is 3.43. The zero-order valence-electron chi connectivity index (χ0n) is 18.9. The molecule has 0 spiro atoms. The molecule has 1 N–H and O–H groups in total. The molecule has 2 aliphatic heterocycles. The van der Waals surface area contributed by atoms with E-state index in [1.165, 1.54) is 35.5 Å². The fourth-order valence-electron chi connectivity index (χ4n) is 4.06. The number of nitrogens with one attached hydrogen (secondary N) is 1. The van der Waals surface area contributed by atoms with Gasteiger partial charge in [0.2, 0.25) is 10.0 Å². The van der Waals surface area contributed by atoms with Crippen molar-refractivity contribution in [1.82, 2.24) is 4.31 Å². The summed E-state index contributed by atoms with van der Waals surface area (Å²) in [5.74, 6) is -0.493. The number of nitrogens with zero attached hydrogens (tertiary/aromatic N) is 1. The Bertz CT molecular complexity index is 1160. The van der Waals surface area contributed by atoms with Crippen LogP contribution in [0.2, 0.25) is 0 Å². The lowest BCUT2D eigenvalue weighted by Gasteiger charge is -2.17. The molecule has 3 atom stereocenters. The molecule has 1 amide bonds. The van der Waals surface area contributed by atoms with E-state index in [2.05, 4.69) is 5.32 Å². The van der Waals surface area contributed by atoms with Crippen LogP contribution in [0.5, 0.6) is 5.75 Å². The molecule has 33 heavy (non-hydrogen) atoms.